The molecule has 306 valence electrons. The third-order valence-corrected chi connectivity index (χ3v) is 12.9. The summed E-state index contributed by atoms with van der Waals surface area (Å²) in [6, 6.07) is 25.1. The zero-order valence-electron chi connectivity index (χ0n) is 34.9. The largest absolute Gasteiger partial charge is 0.493 e. The number of fused-ring (bicyclic) bond motifs is 3. The molecule has 4 aromatic carbocycles. The Morgan fingerprint density at radius 1 is 0.474 bits per heavy atom. The average Bonchev–Trinajstić information content (AvgIpc) is 3.26. The summed E-state index contributed by atoms with van der Waals surface area (Å²) in [4.78, 5) is 0. The Bertz CT molecular complexity index is 1860. The fourth-order valence-electron chi connectivity index (χ4n) is 9.74. The predicted octanol–water partition coefficient (Wildman–Crippen LogP) is 8.83. The van der Waals surface area contributed by atoms with Crippen molar-refractivity contribution in [3.63, 3.8) is 0 Å². The fourth-order valence-corrected chi connectivity index (χ4v) is 9.74. The van der Waals surface area contributed by atoms with Gasteiger partial charge in [0.05, 0.1) is 42.7 Å². The van der Waals surface area contributed by atoms with E-state index in [2.05, 4.69) is 82.7 Å². The first-order valence-corrected chi connectivity index (χ1v) is 21.0. The lowest BCUT2D eigenvalue weighted by Crippen LogP contribution is -2.31. The molecule has 0 bridgehead atoms. The van der Waals surface area contributed by atoms with E-state index in [4.69, 9.17) is 28.4 Å². The second-order valence-corrected chi connectivity index (χ2v) is 15.9. The molecule has 0 aromatic heterocycles. The first-order chi connectivity index (χ1) is 28.0. The molecule has 3 aliphatic heterocycles. The standard InChI is InChI=1S/C48H63N3O6/c1-52-43-25-34-18-21-49-40(37(34)28-46(43)55-4)16-13-31(14-17-41-38-29-47(56-5)44(53-2)26-35(38)19-22-50-41)12-15-33(32-10-8-7-9-11-32)24-42-39-30-48(57-6)45(54-3)27-36(39)20-23-51-42/h7-11,25-31,33,40-42,49-51H,12-24H2,1-6H3. The molecule has 3 aliphatic rings. The zero-order valence-corrected chi connectivity index (χ0v) is 34.9. The van der Waals surface area contributed by atoms with E-state index in [0.29, 0.717) is 11.8 Å². The topological polar surface area (TPSA) is 91.5 Å². The van der Waals surface area contributed by atoms with E-state index in [1.807, 2.05) is 0 Å². The van der Waals surface area contributed by atoms with Gasteiger partial charge in [0.1, 0.15) is 0 Å². The summed E-state index contributed by atoms with van der Waals surface area (Å²) in [7, 11) is 10.3. The summed E-state index contributed by atoms with van der Waals surface area (Å²) in [6.07, 6.45) is 10.7. The van der Waals surface area contributed by atoms with Crippen molar-refractivity contribution < 1.29 is 28.4 Å². The Kier molecular flexibility index (Phi) is 13.8. The van der Waals surface area contributed by atoms with Crippen LogP contribution in [0.2, 0.25) is 0 Å². The van der Waals surface area contributed by atoms with Gasteiger partial charge >= 0.3 is 0 Å². The summed E-state index contributed by atoms with van der Waals surface area (Å²) in [6.45, 7) is 2.89. The number of ether oxygens (including phenoxy) is 6. The zero-order chi connectivity index (χ0) is 39.7. The Morgan fingerprint density at radius 2 is 0.860 bits per heavy atom. The van der Waals surface area contributed by atoms with Crippen LogP contribution in [0.1, 0.15) is 108 Å². The maximum absolute atomic E-state index is 5.78. The lowest BCUT2D eigenvalue weighted by molar-refractivity contribution is 0.310. The smallest absolute Gasteiger partial charge is 0.161 e. The molecule has 0 fully saturated rings. The van der Waals surface area contributed by atoms with Gasteiger partial charge in [-0.2, -0.15) is 0 Å². The highest BCUT2D eigenvalue weighted by atomic mass is 16.5. The molecule has 0 amide bonds. The average molecular weight is 778 g/mol. The number of methoxy groups -OCH3 is 6. The van der Waals surface area contributed by atoms with E-state index in [1.54, 1.807) is 42.7 Å². The summed E-state index contributed by atoms with van der Waals surface area (Å²) >= 11 is 0. The maximum Gasteiger partial charge on any atom is 0.161 e. The molecule has 0 spiro atoms. The third kappa shape index (κ3) is 9.32. The van der Waals surface area contributed by atoms with Crippen LogP contribution in [-0.2, 0) is 19.3 Å². The Labute approximate surface area is 340 Å². The summed E-state index contributed by atoms with van der Waals surface area (Å²) in [5.41, 5.74) is 9.51. The van der Waals surface area contributed by atoms with Crippen LogP contribution in [0.15, 0.2) is 66.7 Å². The molecule has 0 saturated heterocycles. The fraction of sp³-hybridized carbons (Fsp3) is 0.500. The van der Waals surface area contributed by atoms with Crippen molar-refractivity contribution in [3.05, 3.63) is 106 Å². The molecule has 9 nitrogen and oxygen atoms in total. The van der Waals surface area contributed by atoms with Gasteiger partial charge < -0.3 is 44.4 Å². The minimum Gasteiger partial charge on any atom is -0.493 e. The number of hydrogen-bond acceptors (Lipinski definition) is 9. The van der Waals surface area contributed by atoms with Gasteiger partial charge in [0.15, 0.2) is 34.5 Å². The van der Waals surface area contributed by atoms with Gasteiger partial charge in [-0.05, 0) is 171 Å². The molecule has 3 N–H and O–H groups in total. The van der Waals surface area contributed by atoms with Gasteiger partial charge in [0, 0.05) is 18.1 Å². The molecule has 3 heterocycles. The lowest BCUT2D eigenvalue weighted by Gasteiger charge is -2.33. The van der Waals surface area contributed by atoms with E-state index in [1.165, 1.54) is 38.9 Å². The Balaban J connectivity index is 1.13. The monoisotopic (exact) mass is 777 g/mol. The maximum atomic E-state index is 5.78. The van der Waals surface area contributed by atoms with E-state index in [9.17, 15) is 0 Å². The molecule has 9 heteroatoms. The van der Waals surface area contributed by atoms with Gasteiger partial charge in [0.2, 0.25) is 0 Å². The van der Waals surface area contributed by atoms with Crippen LogP contribution in [-0.4, -0.2) is 62.3 Å². The van der Waals surface area contributed by atoms with Gasteiger partial charge in [-0.1, -0.05) is 30.3 Å². The number of nitrogens with one attached hydrogen (secondary N) is 3. The highest BCUT2D eigenvalue weighted by molar-refractivity contribution is 5.51. The van der Waals surface area contributed by atoms with Crippen LogP contribution >= 0.6 is 0 Å². The lowest BCUT2D eigenvalue weighted by atomic mass is 9.79. The first kappa shape index (κ1) is 40.7. The van der Waals surface area contributed by atoms with Crippen molar-refractivity contribution in [2.75, 3.05) is 62.3 Å². The van der Waals surface area contributed by atoms with Crippen molar-refractivity contribution in [1.82, 2.24) is 16.0 Å². The molecule has 0 aliphatic carbocycles. The van der Waals surface area contributed by atoms with Crippen molar-refractivity contribution in [2.45, 2.75) is 88.3 Å². The SMILES string of the molecule is COc1cc2c(cc1OC)C(CCC(CCC(CC1NCCc3cc(OC)c(OC)cc31)c1ccccc1)CCC1NCCc3cc(OC)c(OC)cc31)NCC2. The summed E-state index contributed by atoms with van der Waals surface area (Å²) in [5, 5.41) is 11.6. The van der Waals surface area contributed by atoms with Crippen LogP contribution in [0.5, 0.6) is 34.5 Å². The highest BCUT2D eigenvalue weighted by Crippen LogP contribution is 2.43. The Morgan fingerprint density at radius 3 is 1.28 bits per heavy atom. The van der Waals surface area contributed by atoms with Crippen molar-refractivity contribution in [2.24, 2.45) is 5.92 Å². The minimum absolute atomic E-state index is 0.238. The van der Waals surface area contributed by atoms with Gasteiger partial charge in [-0.3, -0.25) is 0 Å². The molecule has 4 atom stereocenters. The van der Waals surface area contributed by atoms with E-state index >= 15 is 0 Å². The molecular formula is C48H63N3O6. The molecule has 4 aromatic rings. The number of benzene rings is 4. The molecule has 0 radical (unpaired) electrons. The van der Waals surface area contributed by atoms with Crippen LogP contribution in [0.4, 0.5) is 0 Å². The molecule has 4 unspecified atom stereocenters. The van der Waals surface area contributed by atoms with Gasteiger partial charge in [0.25, 0.3) is 0 Å². The van der Waals surface area contributed by atoms with Crippen LogP contribution < -0.4 is 44.4 Å². The van der Waals surface area contributed by atoms with E-state index < -0.39 is 0 Å². The predicted molar refractivity (Wildman–Crippen MR) is 227 cm³/mol. The second-order valence-electron chi connectivity index (χ2n) is 15.9. The Hall–Kier alpha value is -4.44. The molecule has 7 rings (SSSR count). The van der Waals surface area contributed by atoms with Crippen LogP contribution in [0.25, 0.3) is 0 Å². The normalized spacial score (nSPS) is 19.6. The first-order valence-electron chi connectivity index (χ1n) is 21.0. The van der Waals surface area contributed by atoms with Gasteiger partial charge in [-0.15, -0.1) is 0 Å². The summed E-state index contributed by atoms with van der Waals surface area (Å²) < 4.78 is 34.4. The molecule has 0 saturated carbocycles. The van der Waals surface area contributed by atoms with Crippen molar-refractivity contribution >= 4 is 0 Å². The van der Waals surface area contributed by atoms with Gasteiger partial charge in [-0.25, -0.2) is 0 Å². The van der Waals surface area contributed by atoms with E-state index in [0.717, 1.165) is 118 Å². The van der Waals surface area contributed by atoms with Crippen LogP contribution in [0, 0.1) is 5.92 Å². The molecular weight excluding hydrogens is 715 g/mol. The highest BCUT2D eigenvalue weighted by Gasteiger charge is 2.29. The quantitative estimate of drug-likeness (QED) is 0.0917. The van der Waals surface area contributed by atoms with Crippen molar-refractivity contribution in [3.8, 4) is 34.5 Å². The van der Waals surface area contributed by atoms with E-state index in [-0.39, 0.29) is 18.1 Å². The summed E-state index contributed by atoms with van der Waals surface area (Å²) in [5.74, 6) is 5.77. The third-order valence-electron chi connectivity index (χ3n) is 12.9. The number of rotatable bonds is 18. The minimum atomic E-state index is 0.238. The number of hydrogen-bond donors (Lipinski definition) is 3. The van der Waals surface area contributed by atoms with Crippen molar-refractivity contribution in [1.29, 1.82) is 0 Å². The molecule has 57 heavy (non-hydrogen) atoms. The van der Waals surface area contributed by atoms with Crippen LogP contribution in [0.3, 0.4) is 0 Å². The second kappa shape index (κ2) is 19.3.